The largest absolute Gasteiger partial charge is 0.456 e. The molecule has 56 heavy (non-hydrogen) atoms. The summed E-state index contributed by atoms with van der Waals surface area (Å²) in [4.78, 5) is 15.5. The zero-order valence-electron chi connectivity index (χ0n) is 32.1. The predicted molar refractivity (Wildman–Crippen MR) is 231 cm³/mol. The zero-order valence-corrected chi connectivity index (χ0v) is 32.1. The van der Waals surface area contributed by atoms with Crippen LogP contribution in [-0.4, -0.2) is 15.0 Å². The lowest BCUT2D eigenvalue weighted by molar-refractivity contribution is 0.660. The van der Waals surface area contributed by atoms with Gasteiger partial charge in [0.1, 0.15) is 11.2 Å². The van der Waals surface area contributed by atoms with Crippen LogP contribution in [0.25, 0.3) is 89.5 Å². The fourth-order valence-corrected chi connectivity index (χ4v) is 8.89. The Bertz CT molecular complexity index is 2970. The Kier molecular flexibility index (Phi) is 8.04. The van der Waals surface area contributed by atoms with E-state index in [0.29, 0.717) is 17.5 Å². The topological polar surface area (TPSA) is 51.8 Å². The minimum atomic E-state index is -0.127. The van der Waals surface area contributed by atoms with Crippen LogP contribution in [0.3, 0.4) is 0 Å². The highest BCUT2D eigenvalue weighted by atomic mass is 16.3. The lowest BCUT2D eigenvalue weighted by atomic mass is 9.82. The first-order valence-electron chi connectivity index (χ1n) is 19.7. The molecule has 0 unspecified atom stereocenters. The second-order valence-electron chi connectivity index (χ2n) is 15.3. The average molecular weight is 724 g/mol. The Morgan fingerprint density at radius 1 is 0.446 bits per heavy atom. The molecule has 0 bridgehead atoms. The Morgan fingerprint density at radius 2 is 1.09 bits per heavy atom. The van der Waals surface area contributed by atoms with Crippen LogP contribution in [0.15, 0.2) is 156 Å². The number of fused-ring (bicyclic) bond motifs is 6. The second-order valence-corrected chi connectivity index (χ2v) is 15.3. The number of hydrogen-bond acceptors (Lipinski definition) is 4. The quantitative estimate of drug-likeness (QED) is 0.164. The van der Waals surface area contributed by atoms with Crippen molar-refractivity contribution >= 4 is 21.9 Å². The first-order chi connectivity index (χ1) is 27.4. The second kappa shape index (κ2) is 13.3. The van der Waals surface area contributed by atoms with E-state index in [2.05, 4.69) is 155 Å². The van der Waals surface area contributed by atoms with Gasteiger partial charge in [-0.25, -0.2) is 15.0 Å². The molecular weight excluding hydrogens is 683 g/mol. The van der Waals surface area contributed by atoms with Crippen LogP contribution < -0.4 is 0 Å². The van der Waals surface area contributed by atoms with Gasteiger partial charge in [-0.1, -0.05) is 161 Å². The summed E-state index contributed by atoms with van der Waals surface area (Å²) in [6, 6.07) is 53.8. The molecule has 270 valence electrons. The average Bonchev–Trinajstić information content (AvgIpc) is 3.75. The molecule has 0 amide bonds. The highest BCUT2D eigenvalue weighted by Gasteiger charge is 2.37. The summed E-state index contributed by atoms with van der Waals surface area (Å²) in [5, 5.41) is 2.35. The maximum absolute atomic E-state index is 6.34. The third kappa shape index (κ3) is 5.39. The van der Waals surface area contributed by atoms with E-state index in [0.717, 1.165) is 57.2 Å². The third-order valence-corrected chi connectivity index (χ3v) is 11.7. The number of para-hydroxylation sites is 1. The summed E-state index contributed by atoms with van der Waals surface area (Å²) >= 11 is 0. The fourth-order valence-electron chi connectivity index (χ4n) is 8.89. The third-order valence-electron chi connectivity index (χ3n) is 11.7. The van der Waals surface area contributed by atoms with Crippen LogP contribution in [0.1, 0.15) is 49.9 Å². The number of hydrogen-bond donors (Lipinski definition) is 0. The van der Waals surface area contributed by atoms with Crippen LogP contribution >= 0.6 is 0 Å². The van der Waals surface area contributed by atoms with Gasteiger partial charge in [0.2, 0.25) is 0 Å². The van der Waals surface area contributed by atoms with Gasteiger partial charge < -0.3 is 4.42 Å². The van der Waals surface area contributed by atoms with Crippen LogP contribution in [-0.2, 0) is 18.3 Å². The highest BCUT2D eigenvalue weighted by molar-refractivity contribution is 6.13. The van der Waals surface area contributed by atoms with Crippen molar-refractivity contribution in [3.05, 3.63) is 174 Å². The van der Waals surface area contributed by atoms with Crippen molar-refractivity contribution in [1.82, 2.24) is 15.0 Å². The van der Waals surface area contributed by atoms with Crippen molar-refractivity contribution < 1.29 is 4.42 Å². The normalized spacial score (nSPS) is 12.9. The van der Waals surface area contributed by atoms with Gasteiger partial charge >= 0.3 is 0 Å². The van der Waals surface area contributed by atoms with Crippen LogP contribution in [0.4, 0.5) is 0 Å². The molecule has 0 fully saturated rings. The Hall–Kier alpha value is -6.65. The van der Waals surface area contributed by atoms with Crippen molar-refractivity contribution in [3.8, 4) is 67.5 Å². The van der Waals surface area contributed by atoms with Gasteiger partial charge in [0.05, 0.1) is 0 Å². The molecule has 0 N–H and O–H groups in total. The van der Waals surface area contributed by atoms with Gasteiger partial charge in [0, 0.05) is 32.9 Å². The Balaban J connectivity index is 1.11. The number of aromatic nitrogens is 3. The van der Waals surface area contributed by atoms with E-state index in [4.69, 9.17) is 19.4 Å². The van der Waals surface area contributed by atoms with E-state index in [1.807, 2.05) is 24.3 Å². The molecule has 0 atom stereocenters. The van der Waals surface area contributed by atoms with Gasteiger partial charge in [0.25, 0.3) is 0 Å². The van der Waals surface area contributed by atoms with E-state index < -0.39 is 0 Å². The van der Waals surface area contributed by atoms with Gasteiger partial charge in [-0.15, -0.1) is 0 Å². The minimum absolute atomic E-state index is 0.127. The Labute approximate surface area is 327 Å². The van der Waals surface area contributed by atoms with Crippen molar-refractivity contribution in [1.29, 1.82) is 0 Å². The maximum atomic E-state index is 6.34. The number of benzene rings is 7. The first kappa shape index (κ1) is 33.9. The molecule has 10 rings (SSSR count). The van der Waals surface area contributed by atoms with E-state index in [-0.39, 0.29) is 5.41 Å². The summed E-state index contributed by atoms with van der Waals surface area (Å²) in [5.41, 5.74) is 17.1. The van der Waals surface area contributed by atoms with E-state index >= 15 is 0 Å². The molecule has 0 spiro atoms. The molecule has 0 saturated carbocycles. The number of furan rings is 1. The number of aryl methyl sites for hydroxylation is 2. The van der Waals surface area contributed by atoms with Gasteiger partial charge in [0.15, 0.2) is 17.5 Å². The molecule has 7 aromatic carbocycles. The lowest BCUT2D eigenvalue weighted by Gasteiger charge is -2.21. The molecule has 4 nitrogen and oxygen atoms in total. The molecule has 4 heteroatoms. The molecule has 1 aliphatic carbocycles. The zero-order chi connectivity index (χ0) is 38.0. The summed E-state index contributed by atoms with van der Waals surface area (Å²) in [7, 11) is 0. The first-order valence-corrected chi connectivity index (χ1v) is 19.7. The molecule has 2 aromatic heterocycles. The van der Waals surface area contributed by atoms with Crippen LogP contribution in [0.2, 0.25) is 0 Å². The monoisotopic (exact) mass is 723 g/mol. The minimum Gasteiger partial charge on any atom is -0.456 e. The predicted octanol–water partition coefficient (Wildman–Crippen LogP) is 13.5. The van der Waals surface area contributed by atoms with Crippen molar-refractivity contribution in [2.24, 2.45) is 0 Å². The van der Waals surface area contributed by atoms with Crippen molar-refractivity contribution in [2.45, 2.75) is 46.0 Å². The number of nitrogens with zero attached hydrogens (tertiary/aromatic N) is 3. The molecular formula is C52H41N3O. The van der Waals surface area contributed by atoms with E-state index in [9.17, 15) is 0 Å². The fraction of sp³-hybridized carbons (Fsp3) is 0.135. The van der Waals surface area contributed by atoms with Crippen LogP contribution in [0, 0.1) is 0 Å². The molecule has 0 saturated heterocycles. The van der Waals surface area contributed by atoms with Gasteiger partial charge in [-0.3, -0.25) is 0 Å². The smallest absolute Gasteiger partial charge is 0.164 e. The van der Waals surface area contributed by atoms with Crippen molar-refractivity contribution in [2.75, 3.05) is 0 Å². The van der Waals surface area contributed by atoms with Gasteiger partial charge in [-0.2, -0.15) is 0 Å². The van der Waals surface area contributed by atoms with E-state index in [1.54, 1.807) is 0 Å². The van der Waals surface area contributed by atoms with Gasteiger partial charge in [-0.05, 0) is 86.7 Å². The molecule has 0 aliphatic heterocycles. The summed E-state index contributed by atoms with van der Waals surface area (Å²) in [5.74, 6) is 1.98. The molecule has 1 aliphatic rings. The number of rotatable bonds is 7. The molecule has 9 aromatic rings. The van der Waals surface area contributed by atoms with E-state index in [1.165, 1.54) is 49.9 Å². The maximum Gasteiger partial charge on any atom is 0.164 e. The molecule has 0 radical (unpaired) electrons. The standard InChI is InChI=1S/C52H41N3O/c1-5-32-27-29-45-48(40-21-11-13-25-44(40)56-45)46(32)38-28-26-36(30-33(38)6-2)35-18-14-19-37(31-35)50-53-49(34-16-8-7-9-17-34)54-51(55-50)41-22-15-24-43-47(41)39-20-10-12-23-42(39)52(43,3)4/h7-31H,5-6H2,1-4H3. The summed E-state index contributed by atoms with van der Waals surface area (Å²) < 4.78 is 6.34. The summed E-state index contributed by atoms with van der Waals surface area (Å²) in [6.07, 6.45) is 1.84. The van der Waals surface area contributed by atoms with Crippen molar-refractivity contribution in [3.63, 3.8) is 0 Å². The lowest BCUT2D eigenvalue weighted by Crippen LogP contribution is -2.14. The highest BCUT2D eigenvalue weighted by Crippen LogP contribution is 2.51. The summed E-state index contributed by atoms with van der Waals surface area (Å²) in [6.45, 7) is 9.09. The molecule has 2 heterocycles. The Morgan fingerprint density at radius 3 is 1.93 bits per heavy atom. The van der Waals surface area contributed by atoms with Crippen LogP contribution in [0.5, 0.6) is 0 Å². The SMILES string of the molecule is CCc1cc(-c2cccc(-c3nc(-c4ccccc4)nc(-c4cccc5c4-c4ccccc4C5(C)C)n3)c2)ccc1-c1c(CC)ccc2oc3ccccc3c12.